The number of rotatable bonds is 4. The fraction of sp³-hybridized carbons (Fsp3) is 0.467. The molecule has 2 saturated carbocycles. The Morgan fingerprint density at radius 3 is 2.81 bits per heavy atom. The van der Waals surface area contributed by atoms with E-state index >= 15 is 0 Å². The highest BCUT2D eigenvalue weighted by molar-refractivity contribution is 6.04. The van der Waals surface area contributed by atoms with Gasteiger partial charge in [-0.2, -0.15) is 4.98 Å². The van der Waals surface area contributed by atoms with Gasteiger partial charge >= 0.3 is 0 Å². The topological polar surface area (TPSA) is 83.6 Å². The van der Waals surface area contributed by atoms with Crippen LogP contribution in [0.4, 0.5) is 5.95 Å². The van der Waals surface area contributed by atoms with Crippen LogP contribution in [0.25, 0.3) is 0 Å². The van der Waals surface area contributed by atoms with Crippen molar-refractivity contribution in [1.82, 2.24) is 20.2 Å². The molecule has 0 aliphatic heterocycles. The molecule has 2 aromatic rings. The summed E-state index contributed by atoms with van der Waals surface area (Å²) in [5.74, 6) is 1.97. The van der Waals surface area contributed by atoms with Crippen LogP contribution in [-0.4, -0.2) is 26.1 Å². The van der Waals surface area contributed by atoms with Gasteiger partial charge in [0.05, 0.1) is 11.3 Å². The molecule has 2 fully saturated rings. The summed E-state index contributed by atoms with van der Waals surface area (Å²) in [5, 5.41) is 9.78. The summed E-state index contributed by atoms with van der Waals surface area (Å²) >= 11 is 0. The van der Waals surface area contributed by atoms with Crippen LogP contribution in [0.1, 0.15) is 65.8 Å². The lowest BCUT2D eigenvalue weighted by molar-refractivity contribution is 0.102. The third kappa shape index (κ3) is 2.41. The molecular weight excluding hydrogens is 266 g/mol. The zero-order valence-corrected chi connectivity index (χ0v) is 11.7. The first-order valence-electron chi connectivity index (χ1n) is 7.50. The summed E-state index contributed by atoms with van der Waals surface area (Å²) in [6.45, 7) is 0. The van der Waals surface area contributed by atoms with Crippen LogP contribution in [0.15, 0.2) is 18.3 Å². The van der Waals surface area contributed by atoms with Crippen LogP contribution >= 0.6 is 0 Å². The third-order valence-electron chi connectivity index (χ3n) is 4.27. The second-order valence-electron chi connectivity index (χ2n) is 5.84. The summed E-state index contributed by atoms with van der Waals surface area (Å²) in [7, 11) is 0. The molecule has 6 heteroatoms. The molecule has 2 aliphatic carbocycles. The van der Waals surface area contributed by atoms with Crippen LogP contribution in [0.3, 0.4) is 0 Å². The van der Waals surface area contributed by atoms with Gasteiger partial charge in [0.15, 0.2) is 0 Å². The Hall–Kier alpha value is -2.24. The van der Waals surface area contributed by atoms with Crippen molar-refractivity contribution in [3.8, 4) is 0 Å². The Kier molecular flexibility index (Phi) is 2.94. The maximum atomic E-state index is 12.4. The molecule has 0 bridgehead atoms. The van der Waals surface area contributed by atoms with Gasteiger partial charge in [0, 0.05) is 18.0 Å². The molecule has 0 saturated heterocycles. The number of pyridine rings is 1. The van der Waals surface area contributed by atoms with Crippen molar-refractivity contribution in [1.29, 1.82) is 0 Å². The zero-order chi connectivity index (χ0) is 14.2. The largest absolute Gasteiger partial charge is 0.289 e. The molecule has 0 atom stereocenters. The molecule has 0 aromatic carbocycles. The van der Waals surface area contributed by atoms with Crippen LogP contribution < -0.4 is 5.32 Å². The van der Waals surface area contributed by atoms with E-state index in [9.17, 15) is 4.79 Å². The first kappa shape index (κ1) is 12.5. The number of amides is 1. The van der Waals surface area contributed by atoms with Crippen molar-refractivity contribution in [2.45, 2.75) is 43.9 Å². The molecule has 6 nitrogen and oxygen atoms in total. The van der Waals surface area contributed by atoms with Crippen molar-refractivity contribution < 1.29 is 4.79 Å². The van der Waals surface area contributed by atoms with E-state index in [0.717, 1.165) is 37.2 Å². The van der Waals surface area contributed by atoms with E-state index < -0.39 is 0 Å². The number of H-pyrrole nitrogens is 1. The van der Waals surface area contributed by atoms with Gasteiger partial charge in [-0.3, -0.25) is 20.2 Å². The van der Waals surface area contributed by atoms with Crippen molar-refractivity contribution in [3.63, 3.8) is 0 Å². The molecular formula is C15H17N5O. The van der Waals surface area contributed by atoms with Crippen LogP contribution in [0.5, 0.6) is 0 Å². The molecule has 0 radical (unpaired) electrons. The smallest absolute Gasteiger partial charge is 0.259 e. The lowest BCUT2D eigenvalue weighted by atomic mass is 9.85. The summed E-state index contributed by atoms with van der Waals surface area (Å²) in [5.41, 5.74) is 1.53. The molecule has 2 heterocycles. The molecule has 0 unspecified atom stereocenters. The monoisotopic (exact) mass is 283 g/mol. The Labute approximate surface area is 122 Å². The lowest BCUT2D eigenvalue weighted by Crippen LogP contribution is -2.16. The zero-order valence-electron chi connectivity index (χ0n) is 11.7. The Morgan fingerprint density at radius 2 is 2.10 bits per heavy atom. The highest BCUT2D eigenvalue weighted by atomic mass is 16.1. The quantitative estimate of drug-likeness (QED) is 0.903. The van der Waals surface area contributed by atoms with Gasteiger partial charge < -0.3 is 0 Å². The highest BCUT2D eigenvalue weighted by Gasteiger charge is 2.29. The number of hydrogen-bond acceptors (Lipinski definition) is 4. The third-order valence-corrected chi connectivity index (χ3v) is 4.27. The molecule has 2 aliphatic rings. The summed E-state index contributed by atoms with van der Waals surface area (Å²) in [6, 6.07) is 3.61. The van der Waals surface area contributed by atoms with E-state index in [1.165, 1.54) is 6.42 Å². The van der Waals surface area contributed by atoms with Crippen LogP contribution in [0.2, 0.25) is 0 Å². The summed E-state index contributed by atoms with van der Waals surface area (Å²) in [6.07, 6.45) is 7.51. The minimum absolute atomic E-state index is 0.177. The summed E-state index contributed by atoms with van der Waals surface area (Å²) < 4.78 is 0. The SMILES string of the molecule is O=C(Nc1n[nH]c(C2CCC2)n1)c1cccnc1C1CC1. The van der Waals surface area contributed by atoms with Gasteiger partial charge in [-0.05, 0) is 37.8 Å². The Morgan fingerprint density at radius 1 is 1.24 bits per heavy atom. The van der Waals surface area contributed by atoms with Crippen molar-refractivity contribution in [2.24, 2.45) is 0 Å². The summed E-state index contributed by atoms with van der Waals surface area (Å²) in [4.78, 5) is 21.1. The lowest BCUT2D eigenvalue weighted by Gasteiger charge is -2.22. The standard InChI is InChI=1S/C15H17N5O/c21-14(11-5-2-8-16-12(11)9-6-7-9)18-15-17-13(19-20-15)10-3-1-4-10/h2,5,8-10H,1,3-4,6-7H2,(H2,17,18,19,20,21). The molecule has 21 heavy (non-hydrogen) atoms. The van der Waals surface area contributed by atoms with Crippen molar-refractivity contribution >= 4 is 11.9 Å². The number of nitrogens with zero attached hydrogens (tertiary/aromatic N) is 3. The van der Waals surface area contributed by atoms with E-state index in [2.05, 4.69) is 25.5 Å². The highest BCUT2D eigenvalue weighted by Crippen LogP contribution is 2.40. The number of aromatic nitrogens is 4. The number of anilines is 1. The van der Waals surface area contributed by atoms with Gasteiger partial charge in [-0.1, -0.05) is 6.42 Å². The predicted molar refractivity (Wildman–Crippen MR) is 77.1 cm³/mol. The van der Waals surface area contributed by atoms with E-state index in [-0.39, 0.29) is 5.91 Å². The number of hydrogen-bond donors (Lipinski definition) is 2. The second-order valence-corrected chi connectivity index (χ2v) is 5.84. The van der Waals surface area contributed by atoms with Crippen LogP contribution in [0, 0.1) is 0 Å². The van der Waals surface area contributed by atoms with Crippen molar-refractivity contribution in [3.05, 3.63) is 35.4 Å². The average molecular weight is 283 g/mol. The predicted octanol–water partition coefficient (Wildman–Crippen LogP) is 2.60. The van der Waals surface area contributed by atoms with Gasteiger partial charge in [0.25, 0.3) is 5.91 Å². The maximum Gasteiger partial charge on any atom is 0.259 e. The fourth-order valence-electron chi connectivity index (χ4n) is 2.65. The molecule has 2 aromatic heterocycles. The number of nitrogens with one attached hydrogen (secondary N) is 2. The van der Waals surface area contributed by atoms with E-state index in [1.807, 2.05) is 6.07 Å². The molecule has 1 amide bonds. The van der Waals surface area contributed by atoms with Crippen molar-refractivity contribution in [2.75, 3.05) is 5.32 Å². The van der Waals surface area contributed by atoms with Gasteiger partial charge in [0.1, 0.15) is 5.82 Å². The minimum atomic E-state index is -0.177. The molecule has 0 spiro atoms. The maximum absolute atomic E-state index is 12.4. The second kappa shape index (κ2) is 4.95. The van der Waals surface area contributed by atoms with Gasteiger partial charge in [0.2, 0.25) is 5.95 Å². The Balaban J connectivity index is 1.51. The number of carbonyl (C=O) groups excluding carboxylic acids is 1. The van der Waals surface area contributed by atoms with Gasteiger partial charge in [-0.25, -0.2) is 0 Å². The minimum Gasteiger partial charge on any atom is -0.289 e. The molecule has 108 valence electrons. The van der Waals surface area contributed by atoms with E-state index in [0.29, 0.717) is 23.3 Å². The number of aromatic amines is 1. The average Bonchev–Trinajstić information content (AvgIpc) is 3.19. The normalized spacial score (nSPS) is 18.3. The van der Waals surface area contributed by atoms with Gasteiger partial charge in [-0.15, -0.1) is 5.10 Å². The first-order valence-corrected chi connectivity index (χ1v) is 7.50. The number of carbonyl (C=O) groups is 1. The molecule has 4 rings (SSSR count). The fourth-order valence-corrected chi connectivity index (χ4v) is 2.65. The Bertz CT molecular complexity index is 672. The molecule has 2 N–H and O–H groups in total. The first-order chi connectivity index (χ1) is 10.3. The van der Waals surface area contributed by atoms with E-state index in [1.54, 1.807) is 12.3 Å². The van der Waals surface area contributed by atoms with Crippen LogP contribution in [-0.2, 0) is 0 Å². The van der Waals surface area contributed by atoms with E-state index in [4.69, 9.17) is 0 Å².